The predicted octanol–water partition coefficient (Wildman–Crippen LogP) is 1.27. The van der Waals surface area contributed by atoms with Crippen molar-refractivity contribution in [2.24, 2.45) is 0 Å². The molecule has 1 aromatic carbocycles. The van der Waals surface area contributed by atoms with Gasteiger partial charge in [-0.15, -0.1) is 0 Å². The van der Waals surface area contributed by atoms with Crippen molar-refractivity contribution in [2.45, 2.75) is 38.8 Å². The van der Waals surface area contributed by atoms with Crippen LogP contribution in [0.5, 0.6) is 0 Å². The number of amides is 1. The van der Waals surface area contributed by atoms with Gasteiger partial charge in [0.1, 0.15) is 11.6 Å². The lowest BCUT2D eigenvalue weighted by molar-refractivity contribution is -0.214. The molecule has 20 heavy (non-hydrogen) atoms. The molecular weight excluding hydrogens is 274 g/mol. The van der Waals surface area contributed by atoms with Crippen molar-refractivity contribution in [3.05, 3.63) is 29.8 Å². The van der Waals surface area contributed by atoms with Gasteiger partial charge in [0.05, 0.1) is 0 Å². The molecule has 0 aromatic heterocycles. The van der Waals surface area contributed by atoms with Crippen LogP contribution in [0.4, 0.5) is 10.5 Å². The number of anilines is 1. The highest BCUT2D eigenvalue weighted by atomic mass is 32.1. The van der Waals surface area contributed by atoms with Gasteiger partial charge in [0.2, 0.25) is 0 Å². The Morgan fingerprint density at radius 3 is 2.40 bits per heavy atom. The van der Waals surface area contributed by atoms with Crippen molar-refractivity contribution in [2.75, 3.05) is 5.73 Å². The van der Waals surface area contributed by atoms with E-state index in [1.54, 1.807) is 0 Å². The number of quaternary nitrogens is 1. The molecule has 1 unspecified atom stereocenters. The molecule has 0 heterocycles. The summed E-state index contributed by atoms with van der Waals surface area (Å²) < 4.78 is 5.22. The lowest BCUT2D eigenvalue weighted by Gasteiger charge is -2.22. The molecule has 6 N–H and O–H groups in total. The number of benzene rings is 1. The van der Waals surface area contributed by atoms with E-state index in [0.717, 1.165) is 5.56 Å². The largest absolute Gasteiger partial charge is 0.444 e. The number of alkyl carbamates (subject to hydrolysis) is 1. The second-order valence-corrected chi connectivity index (χ2v) is 6.14. The Morgan fingerprint density at radius 2 is 1.95 bits per heavy atom. The number of thiocarbonyl (C=S) groups is 1. The third kappa shape index (κ3) is 5.99. The van der Waals surface area contributed by atoms with Gasteiger partial charge in [-0.2, -0.15) is 0 Å². The van der Waals surface area contributed by atoms with Crippen molar-refractivity contribution in [3.63, 3.8) is 0 Å². The molecular formula is C14H22N3O2S+. The normalized spacial score (nSPS) is 12.6. The van der Waals surface area contributed by atoms with Crippen LogP contribution in [-0.2, 0) is 11.2 Å². The molecule has 0 spiro atoms. The minimum atomic E-state index is -0.543. The SMILES string of the molecule is CC(C)(C)OC(=O)NC(Cc1ccc(N)cc1)C([NH3+])=S. The van der Waals surface area contributed by atoms with E-state index in [-0.39, 0.29) is 6.04 Å². The van der Waals surface area contributed by atoms with E-state index in [1.165, 1.54) is 0 Å². The summed E-state index contributed by atoms with van der Waals surface area (Å²) in [5.41, 5.74) is 10.6. The van der Waals surface area contributed by atoms with E-state index in [9.17, 15) is 4.79 Å². The first-order valence-corrected chi connectivity index (χ1v) is 6.78. The van der Waals surface area contributed by atoms with E-state index in [2.05, 4.69) is 11.1 Å². The second-order valence-electron chi connectivity index (χ2n) is 5.61. The summed E-state index contributed by atoms with van der Waals surface area (Å²) in [5.74, 6) is 0. The van der Waals surface area contributed by atoms with Crippen molar-refractivity contribution in [1.82, 2.24) is 5.32 Å². The van der Waals surface area contributed by atoms with Crippen LogP contribution < -0.4 is 16.8 Å². The second kappa shape index (κ2) is 6.67. The van der Waals surface area contributed by atoms with Crippen LogP contribution in [0.2, 0.25) is 0 Å². The van der Waals surface area contributed by atoms with Crippen LogP contribution in [0.15, 0.2) is 24.3 Å². The summed E-state index contributed by atoms with van der Waals surface area (Å²) in [7, 11) is 0. The quantitative estimate of drug-likeness (QED) is 0.576. The minimum Gasteiger partial charge on any atom is -0.444 e. The summed E-state index contributed by atoms with van der Waals surface area (Å²) >= 11 is 5.10. The fourth-order valence-electron chi connectivity index (χ4n) is 1.58. The van der Waals surface area contributed by atoms with Crippen molar-refractivity contribution in [1.29, 1.82) is 0 Å². The molecule has 5 nitrogen and oxygen atoms in total. The summed E-state index contributed by atoms with van der Waals surface area (Å²) in [6, 6.07) is 7.08. The summed E-state index contributed by atoms with van der Waals surface area (Å²) in [6.45, 7) is 5.43. The van der Waals surface area contributed by atoms with Crippen LogP contribution in [-0.4, -0.2) is 22.7 Å². The standard InChI is InChI=1S/C14H21N3O2S/c1-14(2,3)19-13(18)17-11(12(16)20)8-9-4-6-10(15)7-5-9/h4-7,11H,8,15H2,1-3H3,(H2,16,20)(H,17,18)/p+1. The maximum Gasteiger partial charge on any atom is 0.408 e. The molecule has 0 aliphatic carbocycles. The van der Waals surface area contributed by atoms with Crippen LogP contribution in [0.25, 0.3) is 0 Å². The van der Waals surface area contributed by atoms with Crippen LogP contribution in [0, 0.1) is 0 Å². The smallest absolute Gasteiger partial charge is 0.408 e. The van der Waals surface area contributed by atoms with Crippen LogP contribution >= 0.6 is 12.2 Å². The molecule has 0 bridgehead atoms. The van der Waals surface area contributed by atoms with Crippen LogP contribution in [0.3, 0.4) is 0 Å². The zero-order chi connectivity index (χ0) is 15.3. The number of nitrogens with two attached hydrogens (primary N) is 1. The molecule has 0 radical (unpaired) electrons. The van der Waals surface area contributed by atoms with Gasteiger partial charge >= 0.3 is 6.09 Å². The zero-order valence-electron chi connectivity index (χ0n) is 12.1. The van der Waals surface area contributed by atoms with Gasteiger partial charge in [-0.3, -0.25) is 0 Å². The number of rotatable bonds is 4. The average Bonchev–Trinajstić information content (AvgIpc) is 2.28. The van der Waals surface area contributed by atoms with Gasteiger partial charge in [-0.1, -0.05) is 12.1 Å². The molecule has 0 aliphatic rings. The fourth-order valence-corrected chi connectivity index (χ4v) is 1.73. The monoisotopic (exact) mass is 296 g/mol. The van der Waals surface area contributed by atoms with Crippen molar-refractivity contribution < 1.29 is 15.3 Å². The molecule has 1 aromatic rings. The molecule has 1 atom stereocenters. The number of ether oxygens (including phenoxy) is 1. The number of hydrogen-bond acceptors (Lipinski definition) is 4. The van der Waals surface area contributed by atoms with E-state index < -0.39 is 11.7 Å². The lowest BCUT2D eigenvalue weighted by Crippen LogP contribution is -2.65. The first-order chi connectivity index (χ1) is 9.17. The summed E-state index contributed by atoms with van der Waals surface area (Å²) in [5, 5.41) is 2.74. The maximum atomic E-state index is 11.8. The Bertz CT molecular complexity index is 480. The lowest BCUT2D eigenvalue weighted by atomic mass is 10.1. The average molecular weight is 296 g/mol. The molecule has 0 saturated heterocycles. The van der Waals surface area contributed by atoms with E-state index >= 15 is 0 Å². The first kappa shape index (κ1) is 16.4. The molecule has 6 heteroatoms. The number of carbonyl (C=O) groups excluding carboxylic acids is 1. The van der Waals surface area contributed by atoms with Gasteiger partial charge in [-0.25, -0.2) is 4.79 Å². The van der Waals surface area contributed by atoms with Gasteiger partial charge in [-0.05, 0) is 50.7 Å². The highest BCUT2D eigenvalue weighted by Crippen LogP contribution is 2.10. The van der Waals surface area contributed by atoms with E-state index in [0.29, 0.717) is 17.1 Å². The molecule has 0 fully saturated rings. The molecule has 1 rings (SSSR count). The molecule has 0 saturated carbocycles. The zero-order valence-corrected chi connectivity index (χ0v) is 12.9. The fraction of sp³-hybridized carbons (Fsp3) is 0.429. The highest BCUT2D eigenvalue weighted by molar-refractivity contribution is 7.80. The third-order valence-electron chi connectivity index (χ3n) is 2.50. The number of hydrogen-bond donors (Lipinski definition) is 3. The van der Waals surface area contributed by atoms with Gasteiger partial charge in [0.25, 0.3) is 0 Å². The number of nitrogens with one attached hydrogen (secondary N) is 1. The number of carbonyl (C=O) groups is 1. The predicted molar refractivity (Wildman–Crippen MR) is 83.2 cm³/mol. The van der Waals surface area contributed by atoms with Gasteiger partial charge < -0.3 is 21.5 Å². The Morgan fingerprint density at radius 1 is 1.40 bits per heavy atom. The summed E-state index contributed by atoms with van der Waals surface area (Å²) in [6.07, 6.45) is 0.0610. The Labute approximate surface area is 124 Å². The Kier molecular flexibility index (Phi) is 5.47. The highest BCUT2D eigenvalue weighted by Gasteiger charge is 2.22. The topological polar surface area (TPSA) is 92.0 Å². The van der Waals surface area contributed by atoms with Crippen LogP contribution in [0.1, 0.15) is 26.3 Å². The maximum absolute atomic E-state index is 11.8. The van der Waals surface area contributed by atoms with Gasteiger partial charge in [0, 0.05) is 12.1 Å². The van der Waals surface area contributed by atoms with E-state index in [4.69, 9.17) is 22.7 Å². The molecule has 0 aliphatic heterocycles. The third-order valence-corrected chi connectivity index (χ3v) is 2.78. The molecule has 1 amide bonds. The van der Waals surface area contributed by atoms with E-state index in [1.807, 2.05) is 45.0 Å². The number of nitrogen functional groups attached to an aromatic ring is 1. The Hall–Kier alpha value is -1.66. The summed E-state index contributed by atoms with van der Waals surface area (Å²) in [4.78, 5) is 12.2. The van der Waals surface area contributed by atoms with Crippen molar-refractivity contribution >= 4 is 29.0 Å². The molecule has 110 valence electrons. The first-order valence-electron chi connectivity index (χ1n) is 6.37. The minimum absolute atomic E-state index is 0.344. The Balaban J connectivity index is 2.68. The van der Waals surface area contributed by atoms with Gasteiger partial charge in [0.15, 0.2) is 4.99 Å². The van der Waals surface area contributed by atoms with Crippen molar-refractivity contribution in [3.8, 4) is 0 Å².